The molecule has 232 valence electrons. The number of primary amides is 1. The lowest BCUT2D eigenvalue weighted by atomic mass is 10.1. The number of aromatic nitrogens is 3. The van der Waals surface area contributed by atoms with E-state index < -0.39 is 30.5 Å². The van der Waals surface area contributed by atoms with Crippen LogP contribution in [-0.4, -0.2) is 70.8 Å². The summed E-state index contributed by atoms with van der Waals surface area (Å²) in [5.74, 6) is -0.796. The summed E-state index contributed by atoms with van der Waals surface area (Å²) in [4.78, 5) is 27.6. The van der Waals surface area contributed by atoms with E-state index in [4.69, 9.17) is 5.73 Å². The molecule has 3 aromatic rings. The number of rotatable bonds is 11. The van der Waals surface area contributed by atoms with E-state index >= 15 is 0 Å². The molecule has 1 aliphatic heterocycles. The van der Waals surface area contributed by atoms with Gasteiger partial charge >= 0.3 is 18.4 Å². The van der Waals surface area contributed by atoms with E-state index in [1.165, 1.54) is 12.1 Å². The van der Waals surface area contributed by atoms with Crippen molar-refractivity contribution in [2.75, 3.05) is 48.3 Å². The number of halogens is 6. The average Bonchev–Trinajstić information content (AvgIpc) is 2.95. The lowest BCUT2D eigenvalue weighted by Crippen LogP contribution is -2.54. The van der Waals surface area contributed by atoms with Gasteiger partial charge in [-0.05, 0) is 42.3 Å². The zero-order valence-electron chi connectivity index (χ0n) is 23.0. The van der Waals surface area contributed by atoms with Crippen molar-refractivity contribution in [1.82, 2.24) is 19.9 Å². The van der Waals surface area contributed by atoms with E-state index in [-0.39, 0.29) is 36.1 Å². The number of amides is 1. The summed E-state index contributed by atoms with van der Waals surface area (Å²) in [7, 11) is 0. The first-order chi connectivity index (χ1) is 20.3. The van der Waals surface area contributed by atoms with Crippen LogP contribution in [-0.2, 0) is 17.5 Å². The first-order valence-corrected chi connectivity index (χ1v) is 13.3. The second-order valence-corrected chi connectivity index (χ2v) is 9.74. The van der Waals surface area contributed by atoms with Gasteiger partial charge in [0.15, 0.2) is 6.61 Å². The molecule has 1 amide bonds. The van der Waals surface area contributed by atoms with Gasteiger partial charge in [0.25, 0.3) is 0 Å². The van der Waals surface area contributed by atoms with Crippen LogP contribution >= 0.6 is 0 Å². The van der Waals surface area contributed by atoms with Crippen LogP contribution in [0.15, 0.2) is 48.5 Å². The number of hydrogen-bond donors (Lipinski definition) is 3. The molecule has 1 aliphatic rings. The van der Waals surface area contributed by atoms with Crippen LogP contribution in [0.3, 0.4) is 0 Å². The summed E-state index contributed by atoms with van der Waals surface area (Å²) in [5, 5.41) is 5.45. The highest BCUT2D eigenvalue weighted by Gasteiger charge is 2.31. The van der Waals surface area contributed by atoms with Crippen LogP contribution in [0.1, 0.15) is 24.5 Å². The maximum atomic E-state index is 13.1. The number of benzene rings is 2. The fraction of sp³-hybridized carbons (Fsp3) is 0.407. The topological polar surface area (TPSA) is 122 Å². The molecule has 0 aliphatic carbocycles. The summed E-state index contributed by atoms with van der Waals surface area (Å²) < 4.78 is 82.1. The highest BCUT2D eigenvalue weighted by molar-refractivity contribution is 5.79. The number of anilines is 4. The Morgan fingerprint density at radius 3 is 2.26 bits per heavy atom. The summed E-state index contributed by atoms with van der Waals surface area (Å²) in [5.41, 5.74) is 6.32. The average molecular weight is 613 g/mol. The predicted molar refractivity (Wildman–Crippen MR) is 147 cm³/mol. The van der Waals surface area contributed by atoms with E-state index in [0.29, 0.717) is 32.6 Å². The van der Waals surface area contributed by atoms with Crippen molar-refractivity contribution >= 4 is 29.2 Å². The molecule has 4 N–H and O–H groups in total. The van der Waals surface area contributed by atoms with Gasteiger partial charge in [-0.2, -0.15) is 41.3 Å². The van der Waals surface area contributed by atoms with E-state index in [1.807, 2.05) is 31.2 Å². The lowest BCUT2D eigenvalue weighted by Gasteiger charge is -2.39. The Kier molecular flexibility index (Phi) is 9.78. The molecule has 2 aromatic carbocycles. The van der Waals surface area contributed by atoms with E-state index in [0.717, 1.165) is 23.4 Å². The molecule has 1 saturated heterocycles. The molecule has 0 bridgehead atoms. The summed E-state index contributed by atoms with van der Waals surface area (Å²) in [6.45, 7) is 3.26. The third-order valence-electron chi connectivity index (χ3n) is 6.65. The summed E-state index contributed by atoms with van der Waals surface area (Å²) >= 11 is 0. The standard InChI is InChI=1S/C27H30F6N8O2/c1-2-21(22(34)42)41-12-10-40(11-13-41)20-8-6-17(7-9-20)15-35-23-37-24(39-25(38-23)43-16-26(28,29)30)36-19-5-3-4-18(14-19)27(31,32)33/h3-9,14,21H,2,10-13,15-16H2,1H3,(H2,34,42)(H2,35,36,37,38,39). The Balaban J connectivity index is 1.42. The summed E-state index contributed by atoms with van der Waals surface area (Å²) in [6, 6.07) is 10.8. The molecule has 1 unspecified atom stereocenters. The number of carbonyl (C=O) groups excluding carboxylic acids is 1. The molecule has 10 nitrogen and oxygen atoms in total. The molecule has 16 heteroatoms. The second kappa shape index (κ2) is 13.3. The first kappa shape index (κ1) is 31.6. The van der Waals surface area contributed by atoms with Crippen molar-refractivity contribution in [2.24, 2.45) is 5.73 Å². The normalized spacial score (nSPS) is 15.2. The van der Waals surface area contributed by atoms with Crippen LogP contribution in [0.5, 0.6) is 6.01 Å². The van der Waals surface area contributed by atoms with Crippen molar-refractivity contribution in [3.05, 3.63) is 59.7 Å². The molecule has 1 fully saturated rings. The fourth-order valence-corrected chi connectivity index (χ4v) is 4.54. The van der Waals surface area contributed by atoms with Crippen molar-refractivity contribution in [3.63, 3.8) is 0 Å². The molecule has 1 atom stereocenters. The van der Waals surface area contributed by atoms with Gasteiger partial charge in [-0.15, -0.1) is 0 Å². The van der Waals surface area contributed by atoms with Gasteiger partial charge in [-0.1, -0.05) is 25.1 Å². The van der Waals surface area contributed by atoms with Gasteiger partial charge in [0, 0.05) is 44.1 Å². The number of nitrogens with zero attached hydrogens (tertiary/aromatic N) is 5. The van der Waals surface area contributed by atoms with Gasteiger partial charge in [-0.25, -0.2) is 0 Å². The third-order valence-corrected chi connectivity index (χ3v) is 6.65. The minimum absolute atomic E-state index is 0.0370. The highest BCUT2D eigenvalue weighted by Crippen LogP contribution is 2.31. The third kappa shape index (κ3) is 9.07. The van der Waals surface area contributed by atoms with Crippen molar-refractivity contribution in [3.8, 4) is 6.01 Å². The monoisotopic (exact) mass is 612 g/mol. The number of nitrogens with one attached hydrogen (secondary N) is 2. The van der Waals surface area contributed by atoms with Crippen molar-refractivity contribution < 1.29 is 35.9 Å². The highest BCUT2D eigenvalue weighted by atomic mass is 19.4. The van der Waals surface area contributed by atoms with Crippen LogP contribution in [0.25, 0.3) is 0 Å². The van der Waals surface area contributed by atoms with Crippen LogP contribution in [0.4, 0.5) is 49.6 Å². The van der Waals surface area contributed by atoms with Gasteiger partial charge in [0.2, 0.25) is 17.8 Å². The molecular formula is C27H30F6N8O2. The first-order valence-electron chi connectivity index (χ1n) is 13.3. The molecule has 2 heterocycles. The molecule has 0 spiro atoms. The maximum absolute atomic E-state index is 13.1. The smallest absolute Gasteiger partial charge is 0.422 e. The Morgan fingerprint density at radius 1 is 0.977 bits per heavy atom. The van der Waals surface area contributed by atoms with Crippen LogP contribution < -0.4 is 26.0 Å². The Labute approximate surface area is 243 Å². The van der Waals surface area contributed by atoms with Gasteiger partial charge < -0.3 is 26.0 Å². The number of ether oxygens (including phenoxy) is 1. The van der Waals surface area contributed by atoms with E-state index in [9.17, 15) is 31.1 Å². The molecule has 43 heavy (non-hydrogen) atoms. The number of hydrogen-bond acceptors (Lipinski definition) is 9. The molecule has 0 radical (unpaired) electrons. The Morgan fingerprint density at radius 2 is 1.65 bits per heavy atom. The minimum atomic E-state index is -4.66. The fourth-order valence-electron chi connectivity index (χ4n) is 4.54. The molecule has 4 rings (SSSR count). The maximum Gasteiger partial charge on any atom is 0.422 e. The van der Waals surface area contributed by atoms with Crippen molar-refractivity contribution in [2.45, 2.75) is 38.3 Å². The van der Waals surface area contributed by atoms with Crippen LogP contribution in [0.2, 0.25) is 0 Å². The number of nitrogens with two attached hydrogens (primary N) is 1. The predicted octanol–water partition coefficient (Wildman–Crippen LogP) is 4.57. The number of piperazine rings is 1. The van der Waals surface area contributed by atoms with Crippen LogP contribution in [0, 0.1) is 0 Å². The van der Waals surface area contributed by atoms with Gasteiger partial charge in [0.1, 0.15) is 0 Å². The lowest BCUT2D eigenvalue weighted by molar-refractivity contribution is -0.154. The minimum Gasteiger partial charge on any atom is -0.454 e. The molecule has 1 aromatic heterocycles. The SMILES string of the molecule is CCC(C(N)=O)N1CCN(c2ccc(CNc3nc(Nc4cccc(C(F)(F)F)c4)nc(OCC(F)(F)F)n3)cc2)CC1. The largest absolute Gasteiger partial charge is 0.454 e. The van der Waals surface area contributed by atoms with E-state index in [1.54, 1.807) is 0 Å². The number of alkyl halides is 6. The quantitative estimate of drug-likeness (QED) is 0.268. The Hall–Kier alpha value is -4.34. The molecule has 0 saturated carbocycles. The second-order valence-electron chi connectivity index (χ2n) is 9.74. The van der Waals surface area contributed by atoms with Gasteiger partial charge in [-0.3, -0.25) is 9.69 Å². The molecular weight excluding hydrogens is 582 g/mol. The Bertz CT molecular complexity index is 1380. The number of carbonyl (C=O) groups is 1. The zero-order valence-corrected chi connectivity index (χ0v) is 23.0. The zero-order chi connectivity index (χ0) is 31.2. The van der Waals surface area contributed by atoms with E-state index in [2.05, 4.69) is 40.1 Å². The van der Waals surface area contributed by atoms with Gasteiger partial charge in [0.05, 0.1) is 11.6 Å². The van der Waals surface area contributed by atoms with Crippen molar-refractivity contribution in [1.29, 1.82) is 0 Å². The summed E-state index contributed by atoms with van der Waals surface area (Å²) in [6.07, 6.45) is -8.61.